The van der Waals surface area contributed by atoms with Gasteiger partial charge in [-0.05, 0) is 42.0 Å². The fourth-order valence-electron chi connectivity index (χ4n) is 1.83. The molecule has 0 atom stereocenters. The zero-order valence-electron chi connectivity index (χ0n) is 12.4. The van der Waals surface area contributed by atoms with Crippen LogP contribution in [0.3, 0.4) is 0 Å². The third kappa shape index (κ3) is 7.66. The average molecular weight is 431 g/mol. The third-order valence-electron chi connectivity index (χ3n) is 2.90. The normalized spacial score (nSPS) is 10.5. The first-order chi connectivity index (χ1) is 11.1. The van der Waals surface area contributed by atoms with Gasteiger partial charge in [-0.3, -0.25) is 4.79 Å². The molecule has 1 N–H and O–H groups in total. The van der Waals surface area contributed by atoms with Gasteiger partial charge in [0, 0.05) is 32.4 Å². The van der Waals surface area contributed by atoms with E-state index in [2.05, 4.69) is 33.4 Å². The highest BCUT2D eigenvalue weighted by molar-refractivity contribution is 9.10. The van der Waals surface area contributed by atoms with Crippen molar-refractivity contribution < 1.29 is 4.79 Å². The van der Waals surface area contributed by atoms with Crippen LogP contribution in [-0.2, 0) is 10.5 Å². The Morgan fingerprint density at radius 2 is 1.96 bits per heavy atom. The minimum absolute atomic E-state index is 0.0849. The molecule has 2 nitrogen and oxygen atoms in total. The van der Waals surface area contributed by atoms with Crippen LogP contribution in [0.15, 0.2) is 57.9 Å². The molecule has 2 aromatic carbocycles. The van der Waals surface area contributed by atoms with Crippen molar-refractivity contribution in [1.29, 1.82) is 0 Å². The number of carbonyl (C=O) groups is 1. The van der Waals surface area contributed by atoms with Crippen molar-refractivity contribution in [3.8, 4) is 0 Å². The van der Waals surface area contributed by atoms with Crippen molar-refractivity contribution in [2.45, 2.75) is 10.6 Å². The van der Waals surface area contributed by atoms with Crippen LogP contribution in [0.5, 0.6) is 0 Å². The molecule has 0 aliphatic carbocycles. The Morgan fingerprint density at radius 3 is 2.70 bits per heavy atom. The number of amides is 1. The summed E-state index contributed by atoms with van der Waals surface area (Å²) in [6.07, 6.45) is 0. The molecule has 0 heterocycles. The summed E-state index contributed by atoms with van der Waals surface area (Å²) in [4.78, 5) is 12.9. The summed E-state index contributed by atoms with van der Waals surface area (Å²) in [6, 6.07) is 15.9. The molecule has 0 aromatic heterocycles. The Morgan fingerprint density at radius 1 is 1.17 bits per heavy atom. The second-order valence-electron chi connectivity index (χ2n) is 4.78. The molecule has 2 aromatic rings. The van der Waals surface area contributed by atoms with Crippen molar-refractivity contribution in [3.63, 3.8) is 0 Å². The van der Waals surface area contributed by atoms with Crippen LogP contribution in [0, 0.1) is 0 Å². The number of carbonyl (C=O) groups excluding carboxylic acids is 1. The summed E-state index contributed by atoms with van der Waals surface area (Å²) >= 11 is 12.6. The Labute approximate surface area is 158 Å². The summed E-state index contributed by atoms with van der Waals surface area (Å²) < 4.78 is 1.07. The standard InChI is InChI=1S/C17H17BrClNOS2/c18-14-3-1-2-13(10-14)11-22-12-17(21)20-8-9-23-16-6-4-15(19)5-7-16/h1-7,10H,8-9,11-12H2,(H,20,21). The second-order valence-corrected chi connectivity index (χ2v) is 8.28. The molecular formula is C17H17BrClNOS2. The lowest BCUT2D eigenvalue weighted by molar-refractivity contribution is -0.118. The Kier molecular flexibility index (Phi) is 8.37. The average Bonchev–Trinajstić information content (AvgIpc) is 2.53. The van der Waals surface area contributed by atoms with Gasteiger partial charge in [0.1, 0.15) is 0 Å². The van der Waals surface area contributed by atoms with Gasteiger partial charge >= 0.3 is 0 Å². The van der Waals surface area contributed by atoms with Crippen LogP contribution in [0.25, 0.3) is 0 Å². The number of rotatable bonds is 8. The van der Waals surface area contributed by atoms with E-state index in [1.54, 1.807) is 23.5 Å². The second kappa shape index (κ2) is 10.3. The SMILES string of the molecule is O=C(CSCc1cccc(Br)c1)NCCSc1ccc(Cl)cc1. The highest BCUT2D eigenvalue weighted by atomic mass is 79.9. The fourth-order valence-corrected chi connectivity index (χ4v) is 3.98. The van der Waals surface area contributed by atoms with E-state index in [1.807, 2.05) is 36.4 Å². The van der Waals surface area contributed by atoms with E-state index in [-0.39, 0.29) is 5.91 Å². The van der Waals surface area contributed by atoms with Crippen LogP contribution in [0.2, 0.25) is 5.02 Å². The number of benzene rings is 2. The monoisotopic (exact) mass is 429 g/mol. The molecule has 0 unspecified atom stereocenters. The van der Waals surface area contributed by atoms with Gasteiger partial charge in [-0.1, -0.05) is 39.7 Å². The maximum atomic E-state index is 11.8. The van der Waals surface area contributed by atoms with Gasteiger partial charge < -0.3 is 5.32 Å². The molecule has 23 heavy (non-hydrogen) atoms. The first-order valence-corrected chi connectivity index (χ1v) is 10.4. The van der Waals surface area contributed by atoms with Crippen molar-refractivity contribution in [3.05, 3.63) is 63.6 Å². The van der Waals surface area contributed by atoms with Gasteiger partial charge in [0.15, 0.2) is 0 Å². The molecule has 0 bridgehead atoms. The molecule has 0 fully saturated rings. The van der Waals surface area contributed by atoms with Crippen LogP contribution in [0.4, 0.5) is 0 Å². The van der Waals surface area contributed by atoms with Crippen LogP contribution in [0.1, 0.15) is 5.56 Å². The Balaban J connectivity index is 1.57. The summed E-state index contributed by atoms with van der Waals surface area (Å²) in [5.41, 5.74) is 1.22. The Hall–Kier alpha value is -0.620. The molecule has 0 aliphatic heterocycles. The lowest BCUT2D eigenvalue weighted by Gasteiger charge is -2.06. The fraction of sp³-hybridized carbons (Fsp3) is 0.235. The largest absolute Gasteiger partial charge is 0.355 e. The summed E-state index contributed by atoms with van der Waals surface area (Å²) in [7, 11) is 0. The number of thioether (sulfide) groups is 2. The van der Waals surface area contributed by atoms with Gasteiger partial charge in [-0.25, -0.2) is 0 Å². The van der Waals surface area contributed by atoms with Crippen molar-refractivity contribution in [2.24, 2.45) is 0 Å². The molecule has 0 saturated heterocycles. The topological polar surface area (TPSA) is 29.1 Å². The molecule has 1 amide bonds. The molecule has 0 radical (unpaired) electrons. The molecule has 6 heteroatoms. The lowest BCUT2D eigenvalue weighted by atomic mass is 10.2. The van der Waals surface area contributed by atoms with E-state index in [0.29, 0.717) is 12.3 Å². The van der Waals surface area contributed by atoms with Crippen LogP contribution < -0.4 is 5.32 Å². The minimum Gasteiger partial charge on any atom is -0.355 e. The van der Waals surface area contributed by atoms with E-state index >= 15 is 0 Å². The van der Waals surface area contributed by atoms with E-state index in [0.717, 1.165) is 25.9 Å². The van der Waals surface area contributed by atoms with Gasteiger partial charge in [0.25, 0.3) is 0 Å². The maximum Gasteiger partial charge on any atom is 0.230 e. The van der Waals surface area contributed by atoms with E-state index in [1.165, 1.54) is 5.56 Å². The third-order valence-corrected chi connectivity index (χ3v) is 5.66. The van der Waals surface area contributed by atoms with Crippen molar-refractivity contribution >= 4 is 57.0 Å². The van der Waals surface area contributed by atoms with Gasteiger partial charge in [-0.2, -0.15) is 0 Å². The van der Waals surface area contributed by atoms with E-state index in [9.17, 15) is 4.79 Å². The molecule has 0 aliphatic rings. The van der Waals surface area contributed by atoms with Gasteiger partial charge in [0.2, 0.25) is 5.91 Å². The molecule has 0 saturated carbocycles. The van der Waals surface area contributed by atoms with E-state index < -0.39 is 0 Å². The molecule has 122 valence electrons. The summed E-state index contributed by atoms with van der Waals surface area (Å²) in [6.45, 7) is 0.670. The van der Waals surface area contributed by atoms with Crippen molar-refractivity contribution in [2.75, 3.05) is 18.1 Å². The van der Waals surface area contributed by atoms with Crippen LogP contribution in [-0.4, -0.2) is 24.0 Å². The number of hydrogen-bond donors (Lipinski definition) is 1. The minimum atomic E-state index is 0.0849. The van der Waals surface area contributed by atoms with Crippen LogP contribution >= 0.6 is 51.1 Å². The summed E-state index contributed by atoms with van der Waals surface area (Å²) in [5.74, 6) is 2.26. The highest BCUT2D eigenvalue weighted by Gasteiger charge is 2.02. The molecule has 2 rings (SSSR count). The zero-order chi connectivity index (χ0) is 16.5. The predicted molar refractivity (Wildman–Crippen MR) is 105 cm³/mol. The Bertz CT molecular complexity index is 637. The first-order valence-electron chi connectivity index (χ1n) is 7.11. The quantitative estimate of drug-likeness (QED) is 0.458. The summed E-state index contributed by atoms with van der Waals surface area (Å²) in [5, 5.41) is 3.69. The first kappa shape index (κ1) is 18.7. The van der Waals surface area contributed by atoms with Gasteiger partial charge in [-0.15, -0.1) is 23.5 Å². The number of nitrogens with one attached hydrogen (secondary N) is 1. The smallest absolute Gasteiger partial charge is 0.230 e. The lowest BCUT2D eigenvalue weighted by Crippen LogP contribution is -2.27. The van der Waals surface area contributed by atoms with Crippen molar-refractivity contribution in [1.82, 2.24) is 5.32 Å². The predicted octanol–water partition coefficient (Wildman–Crippen LogP) is 5.24. The number of hydrogen-bond acceptors (Lipinski definition) is 3. The number of halogens is 2. The zero-order valence-corrected chi connectivity index (χ0v) is 16.4. The highest BCUT2D eigenvalue weighted by Crippen LogP contribution is 2.20. The van der Waals surface area contributed by atoms with E-state index in [4.69, 9.17) is 11.6 Å². The maximum absolute atomic E-state index is 11.8. The van der Waals surface area contributed by atoms with Gasteiger partial charge in [0.05, 0.1) is 5.75 Å². The molecule has 0 spiro atoms. The molecular weight excluding hydrogens is 414 g/mol.